The summed E-state index contributed by atoms with van der Waals surface area (Å²) in [6, 6.07) is 4.23. The van der Waals surface area contributed by atoms with Crippen LogP contribution < -0.4 is 10.2 Å². The van der Waals surface area contributed by atoms with Crippen LogP contribution in [0.3, 0.4) is 0 Å². The Morgan fingerprint density at radius 2 is 2.04 bits per heavy atom. The maximum Gasteiger partial charge on any atom is 0.223 e. The second kappa shape index (κ2) is 5.83. The third kappa shape index (κ3) is 2.66. The molecule has 122 valence electrons. The van der Waals surface area contributed by atoms with Crippen molar-refractivity contribution in [3.8, 4) is 0 Å². The molecular weight excluding hydrogens is 290 g/mol. The average Bonchev–Trinajstić information content (AvgIpc) is 2.84. The number of carbonyl (C=O) groups is 1. The lowest BCUT2D eigenvalue weighted by Crippen LogP contribution is -2.47. The first-order valence-electron chi connectivity index (χ1n) is 8.55. The molecule has 1 N–H and O–H groups in total. The summed E-state index contributed by atoms with van der Waals surface area (Å²) >= 11 is 0. The largest absolute Gasteiger partial charge is 0.353 e. The molecule has 0 unspecified atom stereocenters. The van der Waals surface area contributed by atoms with E-state index in [-0.39, 0.29) is 11.8 Å². The number of carbonyl (C=O) groups excluding carboxylic acids is 1. The maximum atomic E-state index is 12.1. The fourth-order valence-electron chi connectivity index (χ4n) is 3.51. The Morgan fingerprint density at radius 1 is 1.26 bits per heavy atom. The van der Waals surface area contributed by atoms with E-state index < -0.39 is 0 Å². The minimum absolute atomic E-state index is 0.265. The zero-order chi connectivity index (χ0) is 15.8. The number of aryl methyl sites for hydroxylation is 1. The van der Waals surface area contributed by atoms with Gasteiger partial charge in [-0.1, -0.05) is 6.42 Å². The van der Waals surface area contributed by atoms with Gasteiger partial charge in [-0.25, -0.2) is 9.97 Å². The smallest absolute Gasteiger partial charge is 0.223 e. The molecule has 0 aromatic carbocycles. The van der Waals surface area contributed by atoms with Gasteiger partial charge in [-0.05, 0) is 37.8 Å². The Morgan fingerprint density at radius 3 is 2.70 bits per heavy atom. The number of hydrogen-bond donors (Lipinski definition) is 1. The zero-order valence-corrected chi connectivity index (χ0v) is 13.5. The number of aromatic nitrogens is 3. The lowest BCUT2D eigenvalue weighted by atomic mass is 9.84. The number of imidazole rings is 1. The van der Waals surface area contributed by atoms with Crippen molar-refractivity contribution in [3.63, 3.8) is 0 Å². The van der Waals surface area contributed by atoms with Crippen molar-refractivity contribution in [2.75, 3.05) is 18.0 Å². The van der Waals surface area contributed by atoms with Crippen LogP contribution >= 0.6 is 0 Å². The number of piperidine rings is 1. The first-order chi connectivity index (χ1) is 11.2. The van der Waals surface area contributed by atoms with Gasteiger partial charge < -0.3 is 10.2 Å². The molecule has 6 heteroatoms. The molecule has 2 aliphatic rings. The molecule has 1 aliphatic heterocycles. The molecule has 2 aromatic heterocycles. The molecule has 0 radical (unpaired) electrons. The summed E-state index contributed by atoms with van der Waals surface area (Å²) in [5.74, 6) is 1.52. The Labute approximate surface area is 135 Å². The van der Waals surface area contributed by atoms with Crippen molar-refractivity contribution < 1.29 is 4.79 Å². The van der Waals surface area contributed by atoms with Crippen LogP contribution in [0.5, 0.6) is 0 Å². The van der Waals surface area contributed by atoms with E-state index in [0.717, 1.165) is 55.9 Å². The highest BCUT2D eigenvalue weighted by Crippen LogP contribution is 2.27. The van der Waals surface area contributed by atoms with Crippen LogP contribution in [0.15, 0.2) is 18.3 Å². The summed E-state index contributed by atoms with van der Waals surface area (Å²) in [6.45, 7) is 1.85. The first-order valence-corrected chi connectivity index (χ1v) is 8.55. The van der Waals surface area contributed by atoms with Gasteiger partial charge in [0.1, 0.15) is 5.52 Å². The van der Waals surface area contributed by atoms with Crippen molar-refractivity contribution >= 4 is 23.0 Å². The normalized spacial score (nSPS) is 19.8. The van der Waals surface area contributed by atoms with E-state index in [1.165, 1.54) is 6.42 Å². The van der Waals surface area contributed by atoms with Crippen LogP contribution in [0.25, 0.3) is 11.2 Å². The fourth-order valence-corrected chi connectivity index (χ4v) is 3.51. The molecule has 1 saturated carbocycles. The Hall–Kier alpha value is -2.11. The number of hydrogen-bond acceptors (Lipinski definition) is 4. The molecule has 0 bridgehead atoms. The third-order valence-corrected chi connectivity index (χ3v) is 5.20. The van der Waals surface area contributed by atoms with Crippen LogP contribution in [-0.4, -0.2) is 39.6 Å². The van der Waals surface area contributed by atoms with E-state index in [9.17, 15) is 4.79 Å². The number of anilines is 1. The van der Waals surface area contributed by atoms with Gasteiger partial charge in [0.2, 0.25) is 11.9 Å². The molecule has 0 atom stereocenters. The summed E-state index contributed by atoms with van der Waals surface area (Å²) in [7, 11) is 2.02. The van der Waals surface area contributed by atoms with E-state index >= 15 is 0 Å². The molecule has 2 fully saturated rings. The Kier molecular flexibility index (Phi) is 3.67. The molecule has 2 aromatic rings. The summed E-state index contributed by atoms with van der Waals surface area (Å²) in [5, 5.41) is 3.23. The van der Waals surface area contributed by atoms with Crippen LogP contribution in [-0.2, 0) is 11.8 Å². The zero-order valence-electron chi connectivity index (χ0n) is 13.5. The summed E-state index contributed by atoms with van der Waals surface area (Å²) < 4.78 is 2.06. The molecule has 23 heavy (non-hydrogen) atoms. The second-order valence-electron chi connectivity index (χ2n) is 6.71. The van der Waals surface area contributed by atoms with Gasteiger partial charge in [0.15, 0.2) is 5.65 Å². The summed E-state index contributed by atoms with van der Waals surface area (Å²) in [6.07, 6.45) is 7.10. The minimum Gasteiger partial charge on any atom is -0.353 e. The number of nitrogens with one attached hydrogen (secondary N) is 1. The van der Waals surface area contributed by atoms with E-state index in [4.69, 9.17) is 4.98 Å². The molecule has 6 nitrogen and oxygen atoms in total. The molecule has 4 rings (SSSR count). The Balaban J connectivity index is 1.40. The predicted molar refractivity (Wildman–Crippen MR) is 89.2 cm³/mol. The number of amides is 1. The van der Waals surface area contributed by atoms with Crippen LogP contribution in [0, 0.1) is 5.92 Å². The van der Waals surface area contributed by atoms with Gasteiger partial charge in [-0.15, -0.1) is 0 Å². The van der Waals surface area contributed by atoms with Crippen LogP contribution in [0.2, 0.25) is 0 Å². The first kappa shape index (κ1) is 14.5. The van der Waals surface area contributed by atoms with Crippen LogP contribution in [0.1, 0.15) is 32.1 Å². The third-order valence-electron chi connectivity index (χ3n) is 5.20. The lowest BCUT2D eigenvalue weighted by Gasteiger charge is -2.34. The maximum absolute atomic E-state index is 12.1. The quantitative estimate of drug-likeness (QED) is 0.939. The lowest BCUT2D eigenvalue weighted by molar-refractivity contribution is -0.128. The standard InChI is InChI=1S/C17H23N5O/c1-21-15-14(6-3-9-18-15)20-17(21)22-10-7-13(8-11-22)19-16(23)12-4-2-5-12/h3,6,9,12-13H,2,4-5,7-8,10-11H2,1H3,(H,19,23). The number of nitrogens with zero attached hydrogens (tertiary/aromatic N) is 4. The molecular formula is C17H23N5O. The van der Waals surface area contributed by atoms with Gasteiger partial charge in [-0.3, -0.25) is 9.36 Å². The van der Waals surface area contributed by atoms with Gasteiger partial charge >= 0.3 is 0 Å². The van der Waals surface area contributed by atoms with Crippen molar-refractivity contribution in [1.29, 1.82) is 0 Å². The topological polar surface area (TPSA) is 63.0 Å². The SMILES string of the molecule is Cn1c(N2CCC(NC(=O)C3CCC3)CC2)nc2cccnc21. The highest BCUT2D eigenvalue weighted by Gasteiger charge is 2.29. The van der Waals surface area contributed by atoms with E-state index in [1.807, 2.05) is 19.2 Å². The molecule has 3 heterocycles. The van der Waals surface area contributed by atoms with E-state index in [1.54, 1.807) is 6.20 Å². The van der Waals surface area contributed by atoms with Gasteiger partial charge in [-0.2, -0.15) is 0 Å². The monoisotopic (exact) mass is 313 g/mol. The van der Waals surface area contributed by atoms with Crippen LogP contribution in [0.4, 0.5) is 5.95 Å². The summed E-state index contributed by atoms with van der Waals surface area (Å²) in [4.78, 5) is 23.5. The van der Waals surface area contributed by atoms with Crippen molar-refractivity contribution in [3.05, 3.63) is 18.3 Å². The molecule has 1 aliphatic carbocycles. The van der Waals surface area contributed by atoms with Gasteiger partial charge in [0.25, 0.3) is 0 Å². The predicted octanol–water partition coefficient (Wildman–Crippen LogP) is 1.85. The average molecular weight is 313 g/mol. The van der Waals surface area contributed by atoms with Crippen molar-refractivity contribution in [2.24, 2.45) is 13.0 Å². The number of fused-ring (bicyclic) bond motifs is 1. The highest BCUT2D eigenvalue weighted by molar-refractivity contribution is 5.79. The minimum atomic E-state index is 0.265. The number of pyridine rings is 1. The Bertz CT molecular complexity index is 713. The molecule has 1 saturated heterocycles. The highest BCUT2D eigenvalue weighted by atomic mass is 16.2. The fraction of sp³-hybridized carbons (Fsp3) is 0.588. The van der Waals surface area contributed by atoms with Crippen molar-refractivity contribution in [2.45, 2.75) is 38.1 Å². The van der Waals surface area contributed by atoms with E-state index in [0.29, 0.717) is 6.04 Å². The molecule has 1 amide bonds. The number of rotatable bonds is 3. The van der Waals surface area contributed by atoms with E-state index in [2.05, 4.69) is 19.8 Å². The summed E-state index contributed by atoms with van der Waals surface area (Å²) in [5.41, 5.74) is 1.85. The second-order valence-corrected chi connectivity index (χ2v) is 6.71. The molecule has 0 spiro atoms. The van der Waals surface area contributed by atoms with Crippen molar-refractivity contribution in [1.82, 2.24) is 19.9 Å². The van der Waals surface area contributed by atoms with Gasteiger partial charge in [0.05, 0.1) is 0 Å². The van der Waals surface area contributed by atoms with Gasteiger partial charge in [0, 0.05) is 38.3 Å².